The van der Waals surface area contributed by atoms with Crippen LogP contribution < -0.4 is 9.47 Å². The highest BCUT2D eigenvalue weighted by Gasteiger charge is 2.28. The van der Waals surface area contributed by atoms with Crippen LogP contribution in [0.15, 0.2) is 48.8 Å². The minimum absolute atomic E-state index is 0.229. The highest BCUT2D eigenvalue weighted by atomic mass is 16.6. The molecule has 4 rings (SSSR count). The zero-order valence-corrected chi connectivity index (χ0v) is 15.1. The van der Waals surface area contributed by atoms with Crippen LogP contribution in [0, 0.1) is 10.1 Å². The standard InChI is InChI=1S/C19H18N4O5/c1-26-18-7-6-13(8-20-18)16-5-3-2-4-14(16)11-27-15-9-22-10-17(23(24)25)21-19(22)28-12-15/h2-8,10,15H,9,11-12H2,1H3/t15-/m0/s1. The summed E-state index contributed by atoms with van der Waals surface area (Å²) in [5, 5.41) is 10.9. The third kappa shape index (κ3) is 3.65. The predicted octanol–water partition coefficient (Wildman–Crippen LogP) is 2.84. The number of rotatable bonds is 6. The minimum Gasteiger partial charge on any atom is -0.481 e. The first kappa shape index (κ1) is 17.9. The molecule has 0 unspecified atom stereocenters. The lowest BCUT2D eigenvalue weighted by atomic mass is 10.0. The first-order valence-corrected chi connectivity index (χ1v) is 8.68. The number of imidazole rings is 1. The van der Waals surface area contributed by atoms with Crippen LogP contribution in [-0.4, -0.2) is 39.3 Å². The van der Waals surface area contributed by atoms with Gasteiger partial charge in [0.25, 0.3) is 0 Å². The Morgan fingerprint density at radius 2 is 2.18 bits per heavy atom. The molecule has 0 amide bonds. The quantitative estimate of drug-likeness (QED) is 0.477. The molecular formula is C19H18N4O5. The SMILES string of the molecule is COc1ccc(-c2ccccc2CO[C@@H]2COc3nc([N+](=O)[O-])cn3C2)cn1. The van der Waals surface area contributed by atoms with Gasteiger partial charge in [0.1, 0.15) is 18.9 Å². The zero-order valence-electron chi connectivity index (χ0n) is 15.1. The van der Waals surface area contributed by atoms with E-state index in [-0.39, 0.29) is 17.9 Å². The molecule has 1 aromatic carbocycles. The summed E-state index contributed by atoms with van der Waals surface area (Å²) in [6.45, 7) is 1.12. The molecule has 3 aromatic rings. The van der Waals surface area contributed by atoms with Crippen molar-refractivity contribution in [2.24, 2.45) is 0 Å². The molecule has 0 spiro atoms. The van der Waals surface area contributed by atoms with Gasteiger partial charge in [-0.25, -0.2) is 4.98 Å². The van der Waals surface area contributed by atoms with Gasteiger partial charge >= 0.3 is 11.8 Å². The van der Waals surface area contributed by atoms with Gasteiger partial charge in [-0.2, -0.15) is 0 Å². The molecule has 9 nitrogen and oxygen atoms in total. The fraction of sp³-hybridized carbons (Fsp3) is 0.263. The summed E-state index contributed by atoms with van der Waals surface area (Å²) in [6.07, 6.45) is 2.89. The number of benzene rings is 1. The first-order chi connectivity index (χ1) is 13.6. The number of ether oxygens (including phenoxy) is 3. The molecule has 28 heavy (non-hydrogen) atoms. The van der Waals surface area contributed by atoms with E-state index in [1.165, 1.54) is 6.20 Å². The van der Waals surface area contributed by atoms with Gasteiger partial charge < -0.3 is 24.3 Å². The van der Waals surface area contributed by atoms with Crippen LogP contribution in [-0.2, 0) is 17.9 Å². The summed E-state index contributed by atoms with van der Waals surface area (Å²) in [7, 11) is 1.58. The van der Waals surface area contributed by atoms with E-state index < -0.39 is 4.92 Å². The summed E-state index contributed by atoms with van der Waals surface area (Å²) in [5.74, 6) is 0.329. The first-order valence-electron chi connectivity index (χ1n) is 8.68. The topological polar surface area (TPSA) is 102 Å². The Morgan fingerprint density at radius 3 is 2.93 bits per heavy atom. The Bertz CT molecular complexity index is 986. The van der Waals surface area contributed by atoms with Crippen LogP contribution in [0.25, 0.3) is 11.1 Å². The lowest BCUT2D eigenvalue weighted by Crippen LogP contribution is -2.32. The van der Waals surface area contributed by atoms with E-state index in [9.17, 15) is 10.1 Å². The third-order valence-electron chi connectivity index (χ3n) is 4.46. The van der Waals surface area contributed by atoms with Crippen molar-refractivity contribution in [3.8, 4) is 23.0 Å². The second-order valence-corrected chi connectivity index (χ2v) is 6.28. The summed E-state index contributed by atoms with van der Waals surface area (Å²) < 4.78 is 18.2. The van der Waals surface area contributed by atoms with Crippen molar-refractivity contribution in [1.82, 2.24) is 14.5 Å². The van der Waals surface area contributed by atoms with Crippen LogP contribution in [0.2, 0.25) is 0 Å². The fourth-order valence-corrected chi connectivity index (χ4v) is 3.06. The average molecular weight is 382 g/mol. The monoisotopic (exact) mass is 382 g/mol. The van der Waals surface area contributed by atoms with Gasteiger partial charge in [0.2, 0.25) is 5.88 Å². The van der Waals surface area contributed by atoms with Crippen molar-refractivity contribution in [2.75, 3.05) is 13.7 Å². The average Bonchev–Trinajstić information content (AvgIpc) is 3.16. The number of fused-ring (bicyclic) bond motifs is 1. The molecule has 2 aromatic heterocycles. The number of pyridine rings is 1. The van der Waals surface area contributed by atoms with Gasteiger partial charge in [-0.3, -0.25) is 4.57 Å². The molecule has 0 saturated heterocycles. The fourth-order valence-electron chi connectivity index (χ4n) is 3.06. The van der Waals surface area contributed by atoms with Gasteiger partial charge in [0, 0.05) is 22.8 Å². The Labute approximate surface area is 160 Å². The summed E-state index contributed by atoms with van der Waals surface area (Å²) in [6, 6.07) is 11.9. The van der Waals surface area contributed by atoms with Gasteiger partial charge in [-0.05, 0) is 22.1 Å². The van der Waals surface area contributed by atoms with Crippen LogP contribution >= 0.6 is 0 Å². The van der Waals surface area contributed by atoms with Crippen molar-refractivity contribution in [2.45, 2.75) is 19.3 Å². The Morgan fingerprint density at radius 1 is 1.32 bits per heavy atom. The molecule has 9 heteroatoms. The maximum absolute atomic E-state index is 10.9. The second-order valence-electron chi connectivity index (χ2n) is 6.28. The Balaban J connectivity index is 1.46. The Kier molecular flexibility index (Phi) is 4.90. The van der Waals surface area contributed by atoms with Crippen molar-refractivity contribution in [1.29, 1.82) is 0 Å². The number of nitrogens with zero attached hydrogens (tertiary/aromatic N) is 4. The van der Waals surface area contributed by atoms with Gasteiger partial charge in [-0.15, -0.1) is 0 Å². The number of hydrogen-bond donors (Lipinski definition) is 0. The smallest absolute Gasteiger partial charge is 0.414 e. The van der Waals surface area contributed by atoms with Gasteiger partial charge in [0.15, 0.2) is 0 Å². The van der Waals surface area contributed by atoms with Crippen LogP contribution in [0.3, 0.4) is 0 Å². The van der Waals surface area contributed by atoms with Crippen molar-refractivity contribution < 1.29 is 19.1 Å². The highest BCUT2D eigenvalue weighted by molar-refractivity contribution is 5.66. The molecule has 3 heterocycles. The highest BCUT2D eigenvalue weighted by Crippen LogP contribution is 2.27. The molecule has 1 aliphatic heterocycles. The van der Waals surface area contributed by atoms with Crippen molar-refractivity contribution >= 4 is 5.82 Å². The van der Waals surface area contributed by atoms with Crippen LogP contribution in [0.5, 0.6) is 11.9 Å². The molecule has 1 atom stereocenters. The summed E-state index contributed by atoms with van der Waals surface area (Å²) >= 11 is 0. The molecule has 0 aliphatic carbocycles. The van der Waals surface area contributed by atoms with E-state index >= 15 is 0 Å². The molecule has 0 N–H and O–H groups in total. The lowest BCUT2D eigenvalue weighted by molar-refractivity contribution is -0.389. The maximum atomic E-state index is 10.9. The summed E-state index contributed by atoms with van der Waals surface area (Å²) in [5.41, 5.74) is 3.00. The number of methoxy groups -OCH3 is 1. The van der Waals surface area contributed by atoms with E-state index in [1.807, 2.05) is 36.4 Å². The molecule has 0 fully saturated rings. The maximum Gasteiger partial charge on any atom is 0.414 e. The largest absolute Gasteiger partial charge is 0.481 e. The molecule has 144 valence electrons. The Hall–Kier alpha value is -3.46. The normalized spacial score (nSPS) is 15.5. The van der Waals surface area contributed by atoms with Crippen LogP contribution in [0.4, 0.5) is 5.82 Å². The van der Waals surface area contributed by atoms with Crippen molar-refractivity contribution in [3.63, 3.8) is 0 Å². The zero-order chi connectivity index (χ0) is 19.5. The number of hydrogen-bond acceptors (Lipinski definition) is 7. The van der Waals surface area contributed by atoms with Gasteiger partial charge in [-0.1, -0.05) is 24.3 Å². The van der Waals surface area contributed by atoms with E-state index in [0.29, 0.717) is 25.6 Å². The minimum atomic E-state index is -0.538. The van der Waals surface area contributed by atoms with E-state index in [2.05, 4.69) is 9.97 Å². The number of nitro groups is 1. The van der Waals surface area contributed by atoms with Crippen molar-refractivity contribution in [3.05, 3.63) is 64.5 Å². The van der Waals surface area contributed by atoms with E-state index in [0.717, 1.165) is 16.7 Å². The molecule has 0 bridgehead atoms. The summed E-state index contributed by atoms with van der Waals surface area (Å²) in [4.78, 5) is 18.4. The van der Waals surface area contributed by atoms with E-state index in [1.54, 1.807) is 17.9 Å². The lowest BCUT2D eigenvalue weighted by Gasteiger charge is -2.23. The van der Waals surface area contributed by atoms with E-state index in [4.69, 9.17) is 14.2 Å². The molecule has 0 radical (unpaired) electrons. The molecule has 0 saturated carbocycles. The molecular weight excluding hydrogens is 364 g/mol. The molecule has 1 aliphatic rings. The third-order valence-corrected chi connectivity index (χ3v) is 4.46. The number of aromatic nitrogens is 3. The second kappa shape index (κ2) is 7.65. The van der Waals surface area contributed by atoms with Crippen LogP contribution in [0.1, 0.15) is 5.56 Å². The van der Waals surface area contributed by atoms with Gasteiger partial charge in [0.05, 0.1) is 20.3 Å². The predicted molar refractivity (Wildman–Crippen MR) is 99.2 cm³/mol.